The van der Waals surface area contributed by atoms with Crippen molar-refractivity contribution in [3.05, 3.63) is 66.4 Å². The van der Waals surface area contributed by atoms with E-state index in [0.717, 1.165) is 61.0 Å². The van der Waals surface area contributed by atoms with Crippen molar-refractivity contribution in [1.82, 2.24) is 20.2 Å². The number of carbonyl (C=O) groups is 1. The van der Waals surface area contributed by atoms with E-state index >= 15 is 0 Å². The van der Waals surface area contributed by atoms with Crippen LogP contribution in [0.4, 0.5) is 16.3 Å². The number of likely N-dealkylation sites (tertiary alicyclic amines) is 1. The molecule has 1 atom stereocenters. The van der Waals surface area contributed by atoms with Gasteiger partial charge in [-0.15, -0.1) is 0 Å². The molecule has 3 aromatic rings. The molecular weight excluding hydrogens is 496 g/mol. The van der Waals surface area contributed by atoms with Crippen LogP contribution in [0, 0.1) is 0 Å². The standard InChI is InChI=1S/C29H36N6O2S/c1-21-19-37-17-16-35(21)27-18-25(20-38-26-6-4-3-5-7-26)30-28(33-27)22-8-10-23(11-9-22)31-29(36)32-24-12-14-34(2)15-13-24/h3-11,18,21,24H,12-17,19-20H2,1-2H3,(H2,31,32,36)/p+1/t21-/m0/s1. The number of ether oxygens (including phenoxy) is 1. The van der Waals surface area contributed by atoms with Gasteiger partial charge in [0.25, 0.3) is 0 Å². The van der Waals surface area contributed by atoms with Gasteiger partial charge in [-0.05, 0) is 76.3 Å². The summed E-state index contributed by atoms with van der Waals surface area (Å²) in [5.74, 6) is 2.44. The van der Waals surface area contributed by atoms with Crippen LogP contribution < -0.4 is 15.5 Å². The lowest BCUT2D eigenvalue weighted by molar-refractivity contribution is 0.0985. The molecule has 0 bridgehead atoms. The fourth-order valence-electron chi connectivity index (χ4n) is 4.82. The van der Waals surface area contributed by atoms with Crippen LogP contribution in [0.15, 0.2) is 65.6 Å². The molecule has 2 amide bonds. The highest BCUT2D eigenvalue weighted by atomic mass is 32.2. The zero-order valence-corrected chi connectivity index (χ0v) is 23.0. The van der Waals surface area contributed by atoms with Gasteiger partial charge in [-0.2, -0.15) is 0 Å². The average Bonchev–Trinajstić information content (AvgIpc) is 2.94. The average molecular weight is 534 g/mol. The Labute approximate surface area is 229 Å². The van der Waals surface area contributed by atoms with E-state index in [1.807, 2.05) is 30.3 Å². The Morgan fingerprint density at radius 1 is 1.05 bits per heavy atom. The van der Waals surface area contributed by atoms with Crippen LogP contribution >= 0.6 is 0 Å². The first-order chi connectivity index (χ1) is 18.5. The Morgan fingerprint density at radius 3 is 2.55 bits per heavy atom. The summed E-state index contributed by atoms with van der Waals surface area (Å²) in [6.07, 6.45) is 1.95. The van der Waals surface area contributed by atoms with Gasteiger partial charge in [0.1, 0.15) is 5.82 Å². The molecule has 1 aromatic heterocycles. The largest absolute Gasteiger partial charge is 0.377 e. The van der Waals surface area contributed by atoms with Gasteiger partial charge in [-0.3, -0.25) is 0 Å². The number of hydrogen-bond donors (Lipinski definition) is 2. The molecule has 2 N–H and O–H groups in total. The van der Waals surface area contributed by atoms with Crippen molar-refractivity contribution in [1.29, 1.82) is 0 Å². The number of rotatable bonds is 7. The number of morpholine rings is 1. The number of amides is 2. The molecule has 8 nitrogen and oxygen atoms in total. The number of anilines is 2. The van der Waals surface area contributed by atoms with E-state index < -0.39 is 0 Å². The molecule has 2 aromatic carbocycles. The maximum atomic E-state index is 12.5. The predicted octanol–water partition coefficient (Wildman–Crippen LogP) is 3.96. The first-order valence-corrected chi connectivity index (χ1v) is 14.4. The second-order valence-corrected chi connectivity index (χ2v) is 11.2. The molecule has 200 valence electrons. The highest BCUT2D eigenvalue weighted by Gasteiger charge is 2.23. The molecule has 38 heavy (non-hydrogen) atoms. The first kappa shape index (κ1) is 26.5. The van der Waals surface area contributed by atoms with Gasteiger partial charge in [0.15, 0.2) is 16.5 Å². The highest BCUT2D eigenvalue weighted by Crippen LogP contribution is 2.25. The van der Waals surface area contributed by atoms with Gasteiger partial charge in [0, 0.05) is 41.7 Å². The van der Waals surface area contributed by atoms with Crippen LogP contribution in [0.3, 0.4) is 0 Å². The molecule has 0 aliphatic carbocycles. The Morgan fingerprint density at radius 2 is 1.82 bits per heavy atom. The number of benzene rings is 2. The van der Waals surface area contributed by atoms with Gasteiger partial charge < -0.3 is 25.2 Å². The minimum absolute atomic E-state index is 0.158. The minimum atomic E-state index is -0.158. The molecular formula is C29H37N6O2S+. The molecule has 0 unspecified atom stereocenters. The molecule has 0 saturated carbocycles. The van der Waals surface area contributed by atoms with Crippen LogP contribution in [0.2, 0.25) is 0 Å². The van der Waals surface area contributed by atoms with E-state index in [-0.39, 0.29) is 18.1 Å². The Hall–Kier alpha value is -3.14. The van der Waals surface area contributed by atoms with Crippen molar-refractivity contribution in [3.8, 4) is 11.4 Å². The predicted molar refractivity (Wildman–Crippen MR) is 155 cm³/mol. The van der Waals surface area contributed by atoms with Crippen molar-refractivity contribution in [3.63, 3.8) is 0 Å². The summed E-state index contributed by atoms with van der Waals surface area (Å²) in [7, 11) is 2.12. The van der Waals surface area contributed by atoms with Crippen LogP contribution in [0.25, 0.3) is 11.4 Å². The van der Waals surface area contributed by atoms with Crippen molar-refractivity contribution < 1.29 is 9.53 Å². The van der Waals surface area contributed by atoms with Gasteiger partial charge >= 0.3 is 6.03 Å². The Bertz CT molecular complexity index is 1200. The number of nitrogens with one attached hydrogen (secondary N) is 2. The topological polar surface area (TPSA) is 82.6 Å². The third-order valence-electron chi connectivity index (χ3n) is 7.06. The van der Waals surface area contributed by atoms with Gasteiger partial charge in [0.2, 0.25) is 0 Å². The summed E-state index contributed by atoms with van der Waals surface area (Å²) in [6, 6.07) is 20.7. The van der Waals surface area contributed by atoms with E-state index in [0.29, 0.717) is 19.0 Å². The lowest BCUT2D eigenvalue weighted by Crippen LogP contribution is -2.44. The maximum absolute atomic E-state index is 12.5. The number of hydrogen-bond acceptors (Lipinski definition) is 6. The zero-order chi connectivity index (χ0) is 26.3. The Balaban J connectivity index is 1.31. The van der Waals surface area contributed by atoms with E-state index in [9.17, 15) is 4.79 Å². The first-order valence-electron chi connectivity index (χ1n) is 13.3. The zero-order valence-electron chi connectivity index (χ0n) is 22.1. The molecule has 2 saturated heterocycles. The summed E-state index contributed by atoms with van der Waals surface area (Å²) < 4.78 is 5.65. The summed E-state index contributed by atoms with van der Waals surface area (Å²) >= 11 is 1.20. The second-order valence-electron chi connectivity index (χ2n) is 10.1. The quantitative estimate of drug-likeness (QED) is 0.354. The van der Waals surface area contributed by atoms with Crippen LogP contribution in [0.5, 0.6) is 0 Å². The van der Waals surface area contributed by atoms with Gasteiger partial charge in [0.05, 0.1) is 24.9 Å². The van der Waals surface area contributed by atoms with E-state index in [4.69, 9.17) is 14.7 Å². The number of carbonyl (C=O) groups excluding carboxylic acids is 1. The Kier molecular flexibility index (Phi) is 8.78. The lowest BCUT2D eigenvalue weighted by Gasteiger charge is -2.34. The summed E-state index contributed by atoms with van der Waals surface area (Å²) in [5, 5.41) is 6.07. The maximum Gasteiger partial charge on any atom is 0.319 e. The van der Waals surface area contributed by atoms with Gasteiger partial charge in [-0.1, -0.05) is 18.2 Å². The monoisotopic (exact) mass is 533 g/mol. The third kappa shape index (κ3) is 7.03. The van der Waals surface area contributed by atoms with E-state index in [1.54, 1.807) is 0 Å². The van der Waals surface area contributed by atoms with Crippen molar-refractivity contribution in [2.24, 2.45) is 0 Å². The highest BCUT2D eigenvalue weighted by molar-refractivity contribution is 7.77. The summed E-state index contributed by atoms with van der Waals surface area (Å²) in [5.41, 5.74) is 2.68. The molecule has 3 heterocycles. The number of nitrogens with zero attached hydrogens (tertiary/aromatic N) is 4. The molecule has 2 fully saturated rings. The second kappa shape index (κ2) is 12.6. The molecule has 0 radical (unpaired) electrons. The van der Waals surface area contributed by atoms with Crippen LogP contribution in [0.1, 0.15) is 25.5 Å². The molecule has 9 heteroatoms. The fourth-order valence-corrected chi connectivity index (χ4v) is 5.71. The lowest BCUT2D eigenvalue weighted by atomic mass is 10.1. The number of urea groups is 1. The fraction of sp³-hybridized carbons (Fsp3) is 0.414. The van der Waals surface area contributed by atoms with E-state index in [1.165, 1.54) is 16.7 Å². The van der Waals surface area contributed by atoms with Crippen molar-refractivity contribution in [2.75, 3.05) is 50.1 Å². The molecule has 2 aliphatic rings. The smallest absolute Gasteiger partial charge is 0.319 e. The van der Waals surface area contributed by atoms with Gasteiger partial charge in [-0.25, -0.2) is 14.8 Å². The summed E-state index contributed by atoms with van der Waals surface area (Å²) in [6.45, 7) is 6.38. The SMILES string of the molecule is C[C@H]1COCCN1c1cc(C[SH+]c2ccccc2)nc(-c2ccc(NC(=O)NC3CCN(C)CC3)cc2)n1. The van der Waals surface area contributed by atoms with Crippen molar-refractivity contribution in [2.45, 2.75) is 42.5 Å². The number of thiol groups is 1. The molecule has 5 rings (SSSR count). The number of piperidine rings is 1. The van der Waals surface area contributed by atoms with Crippen LogP contribution in [-0.4, -0.2) is 72.9 Å². The summed E-state index contributed by atoms with van der Waals surface area (Å²) in [4.78, 5) is 28.3. The van der Waals surface area contributed by atoms with Crippen LogP contribution in [-0.2, 0) is 22.3 Å². The minimum Gasteiger partial charge on any atom is -0.377 e. The molecule has 0 spiro atoms. The normalized spacial score (nSPS) is 18.8. The van der Waals surface area contributed by atoms with E-state index in [2.05, 4.69) is 64.7 Å². The van der Waals surface area contributed by atoms with Crippen molar-refractivity contribution >= 4 is 29.3 Å². The molecule has 2 aliphatic heterocycles. The number of aromatic nitrogens is 2. The third-order valence-corrected chi connectivity index (χ3v) is 8.21.